The number of nitrogens with one attached hydrogen (secondary N) is 1. The third kappa shape index (κ3) is 5.41. The summed E-state index contributed by atoms with van der Waals surface area (Å²) in [6.45, 7) is 1.67. The van der Waals surface area contributed by atoms with Crippen molar-refractivity contribution in [3.8, 4) is 5.75 Å². The summed E-state index contributed by atoms with van der Waals surface area (Å²) in [6.07, 6.45) is 1.92. The van der Waals surface area contributed by atoms with Gasteiger partial charge >= 0.3 is 6.36 Å². The quantitative estimate of drug-likeness (QED) is 0.874. The van der Waals surface area contributed by atoms with Gasteiger partial charge in [-0.05, 0) is 43.0 Å². The van der Waals surface area contributed by atoms with Crippen molar-refractivity contribution in [2.45, 2.75) is 45.0 Å². The predicted molar refractivity (Wildman–Crippen MR) is 71.4 cm³/mol. The Morgan fingerprint density at radius 1 is 1.05 bits per heavy atom. The molecule has 0 atom stereocenters. The molecule has 0 spiro atoms. The minimum atomic E-state index is -4.62. The van der Waals surface area contributed by atoms with Crippen LogP contribution in [0.3, 0.4) is 0 Å². The van der Waals surface area contributed by atoms with Gasteiger partial charge in [0.25, 0.3) is 0 Å². The summed E-state index contributed by atoms with van der Waals surface area (Å²) < 4.78 is 39.9. The number of rotatable bonds is 5. The lowest BCUT2D eigenvalue weighted by Crippen LogP contribution is -2.24. The molecule has 5 heteroatoms. The monoisotopic (exact) mass is 287 g/mol. The van der Waals surface area contributed by atoms with Gasteiger partial charge in [-0.25, -0.2) is 0 Å². The van der Waals surface area contributed by atoms with Gasteiger partial charge in [-0.2, -0.15) is 0 Å². The molecule has 2 nitrogen and oxygen atoms in total. The summed E-state index contributed by atoms with van der Waals surface area (Å²) in [7, 11) is 0. The second-order valence-electron chi connectivity index (χ2n) is 5.33. The van der Waals surface area contributed by atoms with Crippen LogP contribution in [0.2, 0.25) is 0 Å². The number of halogens is 3. The lowest BCUT2D eigenvalue weighted by atomic mass is 9.89. The van der Waals surface area contributed by atoms with Gasteiger partial charge in [-0.3, -0.25) is 0 Å². The van der Waals surface area contributed by atoms with E-state index in [9.17, 15) is 13.2 Å². The molecule has 1 aromatic carbocycles. The fourth-order valence-corrected chi connectivity index (χ4v) is 2.62. The van der Waals surface area contributed by atoms with E-state index in [1.54, 1.807) is 12.1 Å². The van der Waals surface area contributed by atoms with E-state index >= 15 is 0 Å². The number of alkyl halides is 3. The molecule has 0 aromatic heterocycles. The highest BCUT2D eigenvalue weighted by Crippen LogP contribution is 2.24. The summed E-state index contributed by atoms with van der Waals surface area (Å²) in [5, 5.41) is 3.38. The molecule has 1 saturated carbocycles. The molecule has 1 aromatic rings. The molecule has 0 aliphatic heterocycles. The fraction of sp³-hybridized carbons (Fsp3) is 0.600. The molecule has 0 bridgehead atoms. The summed E-state index contributed by atoms with van der Waals surface area (Å²) >= 11 is 0. The first kappa shape index (κ1) is 15.2. The normalized spacial score (nSPS) is 17.1. The second-order valence-corrected chi connectivity index (χ2v) is 5.33. The molecule has 1 aliphatic rings. The van der Waals surface area contributed by atoms with Gasteiger partial charge in [0.1, 0.15) is 5.75 Å². The molecule has 0 saturated heterocycles. The number of ether oxygens (including phenoxy) is 1. The molecular formula is C15H20F3NO. The summed E-state index contributed by atoms with van der Waals surface area (Å²) in [5.41, 5.74) is 0.968. The lowest BCUT2D eigenvalue weighted by molar-refractivity contribution is -0.274. The third-order valence-corrected chi connectivity index (χ3v) is 3.64. The highest BCUT2D eigenvalue weighted by atomic mass is 19.4. The van der Waals surface area contributed by atoms with Crippen LogP contribution in [0, 0.1) is 5.92 Å². The van der Waals surface area contributed by atoms with E-state index in [-0.39, 0.29) is 5.75 Å². The maximum atomic E-state index is 12.0. The first-order valence-electron chi connectivity index (χ1n) is 7.08. The van der Waals surface area contributed by atoms with Crippen molar-refractivity contribution in [2.75, 3.05) is 6.54 Å². The fourth-order valence-electron chi connectivity index (χ4n) is 2.62. The van der Waals surface area contributed by atoms with E-state index in [1.807, 2.05) is 0 Å². The standard InChI is InChI=1S/C15H20F3NO/c16-15(17,18)20-14-8-6-13(7-9-14)11-19-10-12-4-2-1-3-5-12/h6-9,12,19H,1-5,10-11H2. The average molecular weight is 287 g/mol. The van der Waals surface area contributed by atoms with Crippen LogP contribution >= 0.6 is 0 Å². The maximum Gasteiger partial charge on any atom is 0.573 e. The van der Waals surface area contributed by atoms with E-state index in [0.29, 0.717) is 6.54 Å². The zero-order chi connectivity index (χ0) is 14.4. The zero-order valence-corrected chi connectivity index (χ0v) is 11.4. The molecule has 0 unspecified atom stereocenters. The van der Waals surface area contributed by atoms with Gasteiger partial charge in [0.15, 0.2) is 0 Å². The van der Waals surface area contributed by atoms with Gasteiger partial charge in [-0.15, -0.1) is 13.2 Å². The number of benzene rings is 1. The maximum absolute atomic E-state index is 12.0. The van der Waals surface area contributed by atoms with Gasteiger partial charge < -0.3 is 10.1 Å². The van der Waals surface area contributed by atoms with Crippen LogP contribution in [0.4, 0.5) is 13.2 Å². The first-order valence-corrected chi connectivity index (χ1v) is 7.08. The summed E-state index contributed by atoms with van der Waals surface area (Å²) in [4.78, 5) is 0. The van der Waals surface area contributed by atoms with E-state index in [2.05, 4.69) is 10.1 Å². The Kier molecular flexibility index (Phi) is 5.29. The Morgan fingerprint density at radius 2 is 1.70 bits per heavy atom. The molecule has 20 heavy (non-hydrogen) atoms. The van der Waals surface area contributed by atoms with Crippen LogP contribution in [0.1, 0.15) is 37.7 Å². The van der Waals surface area contributed by atoms with Gasteiger partial charge in [0.2, 0.25) is 0 Å². The summed E-state index contributed by atoms with van der Waals surface area (Å²) in [6, 6.07) is 6.03. The van der Waals surface area contributed by atoms with Crippen molar-refractivity contribution in [2.24, 2.45) is 5.92 Å². The molecular weight excluding hydrogens is 267 g/mol. The Morgan fingerprint density at radius 3 is 2.30 bits per heavy atom. The second kappa shape index (κ2) is 6.97. The Bertz CT molecular complexity index is 397. The highest BCUT2D eigenvalue weighted by Gasteiger charge is 2.30. The SMILES string of the molecule is FC(F)(F)Oc1ccc(CNCC2CCCCC2)cc1. The van der Waals surface area contributed by atoms with Crippen molar-refractivity contribution in [3.05, 3.63) is 29.8 Å². The van der Waals surface area contributed by atoms with E-state index in [1.165, 1.54) is 44.2 Å². The van der Waals surface area contributed by atoms with Crippen LogP contribution in [-0.2, 0) is 6.54 Å². The van der Waals surface area contributed by atoms with Crippen LogP contribution in [0.25, 0.3) is 0 Å². The van der Waals surface area contributed by atoms with E-state index < -0.39 is 6.36 Å². The smallest absolute Gasteiger partial charge is 0.406 e. The van der Waals surface area contributed by atoms with Crippen molar-refractivity contribution < 1.29 is 17.9 Å². The Hall–Kier alpha value is -1.23. The molecule has 1 fully saturated rings. The van der Waals surface area contributed by atoms with Gasteiger partial charge in [0, 0.05) is 6.54 Å². The first-order chi connectivity index (χ1) is 9.53. The minimum absolute atomic E-state index is 0.173. The molecule has 0 heterocycles. The summed E-state index contributed by atoms with van der Waals surface area (Å²) in [5.74, 6) is 0.574. The van der Waals surface area contributed by atoms with E-state index in [0.717, 1.165) is 18.0 Å². The topological polar surface area (TPSA) is 21.3 Å². The molecule has 1 aliphatic carbocycles. The van der Waals surface area contributed by atoms with Crippen molar-refractivity contribution in [3.63, 3.8) is 0 Å². The molecule has 112 valence electrons. The number of hydrogen-bond acceptors (Lipinski definition) is 2. The van der Waals surface area contributed by atoms with Crippen molar-refractivity contribution in [1.29, 1.82) is 0 Å². The molecule has 1 N–H and O–H groups in total. The van der Waals surface area contributed by atoms with Crippen LogP contribution in [0.5, 0.6) is 5.75 Å². The molecule has 2 rings (SSSR count). The molecule has 0 amide bonds. The van der Waals surface area contributed by atoms with Crippen molar-refractivity contribution in [1.82, 2.24) is 5.32 Å². The molecule has 0 radical (unpaired) electrons. The van der Waals surface area contributed by atoms with Crippen LogP contribution in [0.15, 0.2) is 24.3 Å². The predicted octanol–water partition coefficient (Wildman–Crippen LogP) is 4.26. The number of hydrogen-bond donors (Lipinski definition) is 1. The van der Waals surface area contributed by atoms with Crippen LogP contribution in [-0.4, -0.2) is 12.9 Å². The Balaban J connectivity index is 1.73. The van der Waals surface area contributed by atoms with Crippen molar-refractivity contribution >= 4 is 0 Å². The highest BCUT2D eigenvalue weighted by molar-refractivity contribution is 5.27. The third-order valence-electron chi connectivity index (χ3n) is 3.64. The van der Waals surface area contributed by atoms with Gasteiger partial charge in [-0.1, -0.05) is 31.4 Å². The zero-order valence-electron chi connectivity index (χ0n) is 11.4. The average Bonchev–Trinajstić information content (AvgIpc) is 2.40. The lowest BCUT2D eigenvalue weighted by Gasteiger charge is -2.21. The minimum Gasteiger partial charge on any atom is -0.406 e. The largest absolute Gasteiger partial charge is 0.573 e. The van der Waals surface area contributed by atoms with Crippen LogP contribution < -0.4 is 10.1 Å². The van der Waals surface area contributed by atoms with Gasteiger partial charge in [0.05, 0.1) is 0 Å². The Labute approximate surface area is 117 Å². The van der Waals surface area contributed by atoms with E-state index in [4.69, 9.17) is 0 Å².